The predicted octanol–water partition coefficient (Wildman–Crippen LogP) is 2.30. The number of thiophene rings is 1. The Morgan fingerprint density at radius 2 is 1.69 bits per heavy atom. The highest BCUT2D eigenvalue weighted by Crippen LogP contribution is 2.29. The summed E-state index contributed by atoms with van der Waals surface area (Å²) in [7, 11) is -3.47. The van der Waals surface area contributed by atoms with Gasteiger partial charge >= 0.3 is 0 Å². The first kappa shape index (κ1) is 18.0. The van der Waals surface area contributed by atoms with Crippen molar-refractivity contribution in [3.05, 3.63) is 28.7 Å². The maximum atomic E-state index is 12.7. The van der Waals surface area contributed by atoms with Gasteiger partial charge < -0.3 is 9.80 Å². The zero-order chi connectivity index (χ0) is 18.1. The van der Waals surface area contributed by atoms with E-state index < -0.39 is 10.0 Å². The quantitative estimate of drug-likeness (QED) is 0.766. The molecule has 26 heavy (non-hydrogen) atoms. The second-order valence-electron chi connectivity index (χ2n) is 6.36. The lowest BCUT2D eigenvalue weighted by molar-refractivity contribution is 0.384. The molecule has 2 aliphatic rings. The summed E-state index contributed by atoms with van der Waals surface area (Å²) in [5.74, 6) is 1.63. The van der Waals surface area contributed by atoms with E-state index in [0.717, 1.165) is 36.2 Å². The molecule has 0 atom stereocenters. The van der Waals surface area contributed by atoms with Crippen molar-refractivity contribution < 1.29 is 8.42 Å². The number of aromatic nitrogens is 2. The first-order valence-electron chi connectivity index (χ1n) is 8.62. The van der Waals surface area contributed by atoms with Crippen LogP contribution in [-0.4, -0.2) is 62.0 Å². The molecule has 140 valence electrons. The Morgan fingerprint density at radius 3 is 2.35 bits per heavy atom. The van der Waals surface area contributed by atoms with Crippen molar-refractivity contribution >= 4 is 44.7 Å². The number of nitrogens with zero attached hydrogens (tertiary/aromatic N) is 5. The first-order chi connectivity index (χ1) is 12.5. The van der Waals surface area contributed by atoms with Gasteiger partial charge in [0.15, 0.2) is 0 Å². The van der Waals surface area contributed by atoms with E-state index in [1.807, 2.05) is 6.07 Å². The molecule has 4 rings (SSSR count). The third-order valence-corrected chi connectivity index (χ3v) is 8.32. The van der Waals surface area contributed by atoms with Crippen LogP contribution in [0.25, 0.3) is 0 Å². The molecule has 4 heterocycles. The lowest BCUT2D eigenvalue weighted by atomic mass is 10.3. The van der Waals surface area contributed by atoms with E-state index in [0.29, 0.717) is 34.7 Å². The van der Waals surface area contributed by atoms with Crippen LogP contribution in [-0.2, 0) is 10.0 Å². The van der Waals surface area contributed by atoms with Gasteiger partial charge in [-0.25, -0.2) is 13.4 Å². The molecule has 2 aromatic heterocycles. The summed E-state index contributed by atoms with van der Waals surface area (Å²) >= 11 is 6.98. The minimum Gasteiger partial charge on any atom is -0.354 e. The molecule has 0 saturated carbocycles. The molecule has 0 N–H and O–H groups in total. The molecular weight excluding hydrogens is 394 g/mol. The molecule has 7 nitrogen and oxygen atoms in total. The zero-order valence-corrected chi connectivity index (χ0v) is 16.6. The Bertz CT molecular complexity index is 874. The SMILES string of the molecule is O=S(=O)(c1ccc(Cl)s1)N1CCN(c2ccnc(N3CCCC3)n2)CC1. The average molecular weight is 414 g/mol. The number of piperazine rings is 1. The molecule has 0 spiro atoms. The predicted molar refractivity (Wildman–Crippen MR) is 104 cm³/mol. The van der Waals surface area contributed by atoms with Crippen LogP contribution < -0.4 is 9.80 Å². The lowest BCUT2D eigenvalue weighted by Gasteiger charge is -2.34. The second-order valence-corrected chi connectivity index (χ2v) is 10.2. The summed E-state index contributed by atoms with van der Waals surface area (Å²) in [6.45, 7) is 4.07. The normalized spacial score (nSPS) is 19.3. The molecule has 0 bridgehead atoms. The fourth-order valence-electron chi connectivity index (χ4n) is 3.31. The van der Waals surface area contributed by atoms with E-state index in [2.05, 4.69) is 19.8 Å². The fourth-order valence-corrected chi connectivity index (χ4v) is 6.37. The smallest absolute Gasteiger partial charge is 0.252 e. The van der Waals surface area contributed by atoms with Crippen LogP contribution in [0.2, 0.25) is 4.34 Å². The highest BCUT2D eigenvalue weighted by Gasteiger charge is 2.30. The van der Waals surface area contributed by atoms with Gasteiger partial charge in [-0.1, -0.05) is 11.6 Å². The van der Waals surface area contributed by atoms with Crippen LogP contribution in [0.4, 0.5) is 11.8 Å². The Hall–Kier alpha value is -1.42. The van der Waals surface area contributed by atoms with Gasteiger partial charge in [0.05, 0.1) is 4.34 Å². The summed E-state index contributed by atoms with van der Waals surface area (Å²) in [5, 5.41) is 0. The number of anilines is 2. The minimum absolute atomic E-state index is 0.300. The van der Waals surface area contributed by atoms with Crippen molar-refractivity contribution in [1.29, 1.82) is 0 Å². The van der Waals surface area contributed by atoms with E-state index in [9.17, 15) is 8.42 Å². The third-order valence-electron chi connectivity index (χ3n) is 4.72. The Kier molecular flexibility index (Phi) is 5.05. The van der Waals surface area contributed by atoms with Crippen LogP contribution in [0.5, 0.6) is 0 Å². The van der Waals surface area contributed by atoms with Gasteiger partial charge in [0.1, 0.15) is 10.0 Å². The highest BCUT2D eigenvalue weighted by atomic mass is 35.5. The van der Waals surface area contributed by atoms with Crippen molar-refractivity contribution in [3.8, 4) is 0 Å². The zero-order valence-electron chi connectivity index (χ0n) is 14.2. The molecule has 2 aliphatic heterocycles. The average Bonchev–Trinajstić information content (AvgIpc) is 3.34. The maximum Gasteiger partial charge on any atom is 0.252 e. The van der Waals surface area contributed by atoms with Gasteiger partial charge in [0.25, 0.3) is 10.0 Å². The summed E-state index contributed by atoms with van der Waals surface area (Å²) in [6, 6.07) is 5.08. The van der Waals surface area contributed by atoms with Crippen LogP contribution >= 0.6 is 22.9 Å². The number of halogens is 1. The van der Waals surface area contributed by atoms with Gasteiger partial charge in [-0.15, -0.1) is 11.3 Å². The molecule has 0 unspecified atom stereocenters. The first-order valence-corrected chi connectivity index (χ1v) is 11.3. The fraction of sp³-hybridized carbons (Fsp3) is 0.500. The second kappa shape index (κ2) is 7.30. The molecule has 2 aromatic rings. The van der Waals surface area contributed by atoms with Crippen LogP contribution in [0.3, 0.4) is 0 Å². The lowest BCUT2D eigenvalue weighted by Crippen LogP contribution is -2.48. The van der Waals surface area contributed by atoms with E-state index in [1.165, 1.54) is 17.1 Å². The topological polar surface area (TPSA) is 69.6 Å². The largest absolute Gasteiger partial charge is 0.354 e. The molecule has 0 amide bonds. The Balaban J connectivity index is 1.44. The molecule has 0 aromatic carbocycles. The van der Waals surface area contributed by atoms with Crippen molar-refractivity contribution in [1.82, 2.24) is 14.3 Å². The van der Waals surface area contributed by atoms with E-state index in [4.69, 9.17) is 11.6 Å². The monoisotopic (exact) mass is 413 g/mol. The van der Waals surface area contributed by atoms with E-state index in [-0.39, 0.29) is 0 Å². The number of hydrogen-bond acceptors (Lipinski definition) is 7. The van der Waals surface area contributed by atoms with Crippen molar-refractivity contribution in [3.63, 3.8) is 0 Å². The third kappa shape index (κ3) is 3.53. The van der Waals surface area contributed by atoms with E-state index >= 15 is 0 Å². The van der Waals surface area contributed by atoms with Crippen molar-refractivity contribution in [2.75, 3.05) is 49.1 Å². The molecule has 2 fully saturated rings. The number of rotatable bonds is 4. The summed E-state index contributed by atoms with van der Waals surface area (Å²) in [6.07, 6.45) is 4.14. The number of sulfonamides is 1. The van der Waals surface area contributed by atoms with Gasteiger partial charge in [-0.2, -0.15) is 9.29 Å². The molecule has 0 aliphatic carbocycles. The Labute approximate surface area is 162 Å². The van der Waals surface area contributed by atoms with E-state index in [1.54, 1.807) is 18.3 Å². The van der Waals surface area contributed by atoms with Gasteiger partial charge in [0, 0.05) is 45.5 Å². The molecule has 2 saturated heterocycles. The standard InChI is InChI=1S/C16H20ClN5O2S2/c17-13-3-4-15(25-13)26(23,24)22-11-9-20(10-12-22)14-5-6-18-16(19-14)21-7-1-2-8-21/h3-6H,1-2,7-12H2. The Morgan fingerprint density at radius 1 is 0.962 bits per heavy atom. The van der Waals surface area contributed by atoms with Crippen molar-refractivity contribution in [2.45, 2.75) is 17.1 Å². The van der Waals surface area contributed by atoms with Crippen LogP contribution in [0.15, 0.2) is 28.6 Å². The molecular formula is C16H20ClN5O2S2. The minimum atomic E-state index is -3.47. The van der Waals surface area contributed by atoms with Crippen LogP contribution in [0, 0.1) is 0 Å². The molecule has 10 heteroatoms. The maximum absolute atomic E-state index is 12.7. The highest BCUT2D eigenvalue weighted by molar-refractivity contribution is 7.91. The van der Waals surface area contributed by atoms with Gasteiger partial charge in [0.2, 0.25) is 5.95 Å². The van der Waals surface area contributed by atoms with Gasteiger partial charge in [-0.3, -0.25) is 0 Å². The summed E-state index contributed by atoms with van der Waals surface area (Å²) in [5.41, 5.74) is 0. The van der Waals surface area contributed by atoms with Crippen LogP contribution in [0.1, 0.15) is 12.8 Å². The van der Waals surface area contributed by atoms with Gasteiger partial charge in [-0.05, 0) is 31.0 Å². The summed E-state index contributed by atoms with van der Waals surface area (Å²) < 4.78 is 27.7. The van der Waals surface area contributed by atoms with Crippen molar-refractivity contribution in [2.24, 2.45) is 0 Å². The number of hydrogen-bond donors (Lipinski definition) is 0. The summed E-state index contributed by atoms with van der Waals surface area (Å²) in [4.78, 5) is 13.4. The molecule has 0 radical (unpaired) electrons.